The Kier molecular flexibility index (Phi) is 29.3. The van der Waals surface area contributed by atoms with Crippen molar-refractivity contribution in [3.63, 3.8) is 0 Å². The zero-order valence-corrected chi connectivity index (χ0v) is 26.6. The molecule has 0 aliphatic rings. The average Bonchev–Trinajstić information content (AvgIpc) is 2.85. The molecular formula is C32H58O2Sn. The molecule has 3 heteroatoms. The number of hydrogen-bond acceptors (Lipinski definition) is 2. The van der Waals surface area contributed by atoms with Crippen molar-refractivity contribution in [3.8, 4) is 5.75 Å². The van der Waals surface area contributed by atoms with E-state index < -0.39 is 0 Å². The molecule has 0 fully saturated rings. The number of unbranched alkanes of at least 4 members (excludes halogenated alkanes) is 18. The molecule has 202 valence electrons. The maximum atomic E-state index is 10.4. The fourth-order valence-electron chi connectivity index (χ4n) is 4.25. The molecule has 0 spiro atoms. The molecule has 1 aromatic rings. The minimum atomic E-state index is -0.286. The summed E-state index contributed by atoms with van der Waals surface area (Å²) < 4.78 is 8.10. The zero-order valence-electron chi connectivity index (χ0n) is 23.8. The molecule has 0 aliphatic heterocycles. The van der Waals surface area contributed by atoms with E-state index in [1.165, 1.54) is 122 Å². The number of benzene rings is 1. The third kappa shape index (κ3) is 29.6. The van der Waals surface area contributed by atoms with Crippen LogP contribution in [0.2, 0.25) is 8.87 Å². The van der Waals surface area contributed by atoms with E-state index in [1.807, 2.05) is 18.2 Å². The van der Waals surface area contributed by atoms with Gasteiger partial charge in [-0.05, 0) is 12.1 Å². The topological polar surface area (TPSA) is 26.3 Å². The van der Waals surface area contributed by atoms with E-state index in [2.05, 4.69) is 13.8 Å². The predicted molar refractivity (Wildman–Crippen MR) is 157 cm³/mol. The molecule has 35 heavy (non-hydrogen) atoms. The number of esters is 1. The number of hydrogen-bond donors (Lipinski definition) is 0. The molecular weight excluding hydrogens is 535 g/mol. The molecule has 0 heterocycles. The third-order valence-electron chi connectivity index (χ3n) is 6.42. The van der Waals surface area contributed by atoms with E-state index in [4.69, 9.17) is 4.74 Å². The number of carbonyl (C=O) groups is 1. The summed E-state index contributed by atoms with van der Waals surface area (Å²) in [5, 5.41) is 0. The second kappa shape index (κ2) is 29.7. The Morgan fingerprint density at radius 3 is 1.26 bits per heavy atom. The SMILES string of the molecule is CC(=O)Oc1ccccc1.CCCCCCCCCCC[CH2][Sn][CH2]CCCCCCCCCCC. The van der Waals surface area contributed by atoms with Gasteiger partial charge in [0.15, 0.2) is 0 Å². The quantitative estimate of drug-likeness (QED) is 0.0546. The average molecular weight is 594 g/mol. The fraction of sp³-hybridized carbons (Fsp3) is 0.781. The first-order valence-electron chi connectivity index (χ1n) is 15.1. The van der Waals surface area contributed by atoms with Crippen LogP contribution in [-0.2, 0) is 4.79 Å². The Morgan fingerprint density at radius 2 is 0.914 bits per heavy atom. The Balaban J connectivity index is 0.000000952. The summed E-state index contributed by atoms with van der Waals surface area (Å²) in [4.78, 5) is 10.4. The molecule has 2 radical (unpaired) electrons. The molecule has 1 rings (SSSR count). The molecule has 0 amide bonds. The van der Waals surface area contributed by atoms with Crippen LogP contribution in [0.15, 0.2) is 30.3 Å². The van der Waals surface area contributed by atoms with Gasteiger partial charge in [0.1, 0.15) is 5.75 Å². The standard InChI is InChI=1S/2C12H25.C8H8O2.Sn/c2*1-3-5-7-9-11-12-10-8-6-4-2;1-7(9)10-8-5-3-2-4-6-8;/h2*1,3-12H2,2H3;2-6H,1H3;. The summed E-state index contributed by atoms with van der Waals surface area (Å²) in [6.07, 6.45) is 29.8. The van der Waals surface area contributed by atoms with Crippen LogP contribution in [-0.4, -0.2) is 27.1 Å². The van der Waals surface area contributed by atoms with Gasteiger partial charge in [-0.2, -0.15) is 0 Å². The van der Waals surface area contributed by atoms with Crippen molar-refractivity contribution in [3.05, 3.63) is 30.3 Å². The van der Waals surface area contributed by atoms with Crippen LogP contribution in [0, 0.1) is 0 Å². The van der Waals surface area contributed by atoms with Gasteiger partial charge in [-0.1, -0.05) is 18.2 Å². The third-order valence-corrected chi connectivity index (χ3v) is 10.5. The van der Waals surface area contributed by atoms with Crippen LogP contribution in [0.1, 0.15) is 149 Å². The molecule has 0 N–H and O–H groups in total. The van der Waals surface area contributed by atoms with Gasteiger partial charge in [0.05, 0.1) is 0 Å². The van der Waals surface area contributed by atoms with Gasteiger partial charge in [0.2, 0.25) is 0 Å². The van der Waals surface area contributed by atoms with Gasteiger partial charge < -0.3 is 4.74 Å². The number of para-hydroxylation sites is 1. The molecule has 0 atom stereocenters. The molecule has 0 aliphatic carbocycles. The second-order valence-corrected chi connectivity index (χ2v) is 14.3. The van der Waals surface area contributed by atoms with Crippen molar-refractivity contribution in [1.82, 2.24) is 0 Å². The van der Waals surface area contributed by atoms with E-state index >= 15 is 0 Å². The monoisotopic (exact) mass is 594 g/mol. The molecule has 2 nitrogen and oxygen atoms in total. The fourth-order valence-corrected chi connectivity index (χ4v) is 7.82. The van der Waals surface area contributed by atoms with E-state index in [-0.39, 0.29) is 27.1 Å². The van der Waals surface area contributed by atoms with Gasteiger partial charge in [0, 0.05) is 6.92 Å². The van der Waals surface area contributed by atoms with Crippen molar-refractivity contribution >= 4 is 27.1 Å². The van der Waals surface area contributed by atoms with E-state index in [0.29, 0.717) is 5.75 Å². The van der Waals surface area contributed by atoms with Gasteiger partial charge in [-0.25, -0.2) is 0 Å². The van der Waals surface area contributed by atoms with Crippen molar-refractivity contribution in [2.75, 3.05) is 0 Å². The first-order chi connectivity index (χ1) is 17.2. The van der Waals surface area contributed by atoms with Gasteiger partial charge >= 0.3 is 178 Å². The summed E-state index contributed by atoms with van der Waals surface area (Å²) in [6, 6.07) is 8.98. The van der Waals surface area contributed by atoms with Crippen LogP contribution in [0.4, 0.5) is 0 Å². The van der Waals surface area contributed by atoms with Crippen LogP contribution in [0.5, 0.6) is 5.75 Å². The maximum absolute atomic E-state index is 10.4. The summed E-state index contributed by atoms with van der Waals surface area (Å²) >= 11 is 0.0377. The number of carbonyl (C=O) groups excluding carboxylic acids is 1. The zero-order chi connectivity index (χ0) is 25.7. The van der Waals surface area contributed by atoms with E-state index in [0.717, 1.165) is 0 Å². The molecule has 0 saturated carbocycles. The van der Waals surface area contributed by atoms with Crippen LogP contribution < -0.4 is 4.74 Å². The Hall–Kier alpha value is -0.511. The summed E-state index contributed by atoms with van der Waals surface area (Å²) in [5.74, 6) is 0.307. The summed E-state index contributed by atoms with van der Waals surface area (Å²) in [5.41, 5.74) is 0. The van der Waals surface area contributed by atoms with Crippen molar-refractivity contribution in [2.45, 2.75) is 158 Å². The van der Waals surface area contributed by atoms with E-state index in [9.17, 15) is 4.79 Å². The first kappa shape index (κ1) is 34.5. The van der Waals surface area contributed by atoms with Crippen LogP contribution >= 0.6 is 0 Å². The minimum absolute atomic E-state index is 0.0377. The normalized spacial score (nSPS) is 10.6. The summed E-state index contributed by atoms with van der Waals surface area (Å²) in [7, 11) is 0. The molecule has 0 aromatic heterocycles. The molecule has 0 bridgehead atoms. The Bertz CT molecular complexity index is 510. The summed E-state index contributed by atoms with van der Waals surface area (Å²) in [6.45, 7) is 5.99. The van der Waals surface area contributed by atoms with Crippen molar-refractivity contribution in [2.24, 2.45) is 0 Å². The van der Waals surface area contributed by atoms with Crippen molar-refractivity contribution < 1.29 is 9.53 Å². The number of rotatable bonds is 23. The first-order valence-corrected chi connectivity index (χ1v) is 19.2. The molecule has 0 saturated heterocycles. The van der Waals surface area contributed by atoms with Crippen molar-refractivity contribution in [1.29, 1.82) is 0 Å². The molecule has 1 aromatic carbocycles. The van der Waals surface area contributed by atoms with Crippen LogP contribution in [0.3, 0.4) is 0 Å². The number of ether oxygens (including phenoxy) is 1. The Morgan fingerprint density at radius 1 is 0.571 bits per heavy atom. The van der Waals surface area contributed by atoms with Gasteiger partial charge in [0.25, 0.3) is 0 Å². The Labute approximate surface area is 230 Å². The second-order valence-electron chi connectivity index (χ2n) is 10.0. The van der Waals surface area contributed by atoms with E-state index in [1.54, 1.807) is 33.8 Å². The van der Waals surface area contributed by atoms with Gasteiger partial charge in [-0.15, -0.1) is 0 Å². The van der Waals surface area contributed by atoms with Gasteiger partial charge in [-0.3, -0.25) is 4.79 Å². The molecule has 0 unspecified atom stereocenters. The van der Waals surface area contributed by atoms with Crippen LogP contribution in [0.25, 0.3) is 0 Å². The predicted octanol–water partition coefficient (Wildman–Crippen LogP) is 11.0.